The number of anilines is 2. The van der Waals surface area contributed by atoms with Gasteiger partial charge in [0.25, 0.3) is 0 Å². The van der Waals surface area contributed by atoms with Crippen LogP contribution in [0, 0.1) is 17.2 Å². The van der Waals surface area contributed by atoms with Gasteiger partial charge in [0.15, 0.2) is 23.5 Å². The maximum atomic E-state index is 13.7. The van der Waals surface area contributed by atoms with Gasteiger partial charge >= 0.3 is 13.7 Å². The van der Waals surface area contributed by atoms with Gasteiger partial charge in [0, 0.05) is 0 Å². The Hall–Kier alpha value is -4.38. The zero-order chi connectivity index (χ0) is 28.3. The molecule has 3 heterocycles. The van der Waals surface area contributed by atoms with Crippen molar-refractivity contribution in [2.24, 2.45) is 5.92 Å². The van der Waals surface area contributed by atoms with Gasteiger partial charge in [-0.05, 0) is 32.9 Å². The normalized spacial score (nSPS) is 22.2. The predicted molar refractivity (Wildman–Crippen MR) is 137 cm³/mol. The van der Waals surface area contributed by atoms with Crippen molar-refractivity contribution in [1.82, 2.24) is 24.6 Å². The van der Waals surface area contributed by atoms with E-state index in [1.807, 2.05) is 6.07 Å². The van der Waals surface area contributed by atoms with Crippen molar-refractivity contribution >= 4 is 36.6 Å². The third-order valence-corrected chi connectivity index (χ3v) is 6.96. The molecule has 2 aromatic heterocycles. The molecule has 4 rings (SSSR count). The molecule has 1 aliphatic rings. The van der Waals surface area contributed by atoms with Gasteiger partial charge in [0.1, 0.15) is 41.9 Å². The number of benzene rings is 1. The molecule has 1 saturated heterocycles. The zero-order valence-corrected chi connectivity index (χ0v) is 22.1. The molecule has 1 aromatic carbocycles. The lowest BCUT2D eigenvalue weighted by atomic mass is 10.0. The van der Waals surface area contributed by atoms with Gasteiger partial charge in [-0.25, -0.2) is 9.55 Å². The van der Waals surface area contributed by atoms with Crippen LogP contribution >= 0.6 is 7.75 Å². The van der Waals surface area contributed by atoms with Gasteiger partial charge in [-0.1, -0.05) is 18.2 Å². The van der Waals surface area contributed by atoms with E-state index in [1.165, 1.54) is 30.0 Å². The van der Waals surface area contributed by atoms with Crippen LogP contribution in [0.1, 0.15) is 27.0 Å². The molecule has 0 radical (unpaired) electrons. The average molecular weight is 558 g/mol. The molecule has 5 unspecified atom stereocenters. The number of aromatic nitrogens is 4. The molecule has 3 aromatic rings. The SMILES string of the molecule is CC(C)OC(=O)C(C)NP(=O)(OC=C1OC(n2cnc3c(N)nc(N)nc32)C(C#N)C1O)Oc1ccccc1. The van der Waals surface area contributed by atoms with Crippen molar-refractivity contribution in [3.63, 3.8) is 0 Å². The third-order valence-electron chi connectivity index (χ3n) is 5.42. The molecule has 0 spiro atoms. The number of nitriles is 1. The number of carbonyl (C=O) groups is 1. The molecule has 6 N–H and O–H groups in total. The number of para-hydroxylation sites is 1. The minimum absolute atomic E-state index is 0.0255. The van der Waals surface area contributed by atoms with Gasteiger partial charge < -0.3 is 35.1 Å². The van der Waals surface area contributed by atoms with E-state index in [4.69, 9.17) is 30.0 Å². The van der Waals surface area contributed by atoms with Crippen LogP contribution in [-0.4, -0.2) is 48.8 Å². The van der Waals surface area contributed by atoms with E-state index in [9.17, 15) is 19.7 Å². The number of hydrogen-bond donors (Lipinski definition) is 4. The van der Waals surface area contributed by atoms with E-state index in [0.29, 0.717) is 0 Å². The van der Waals surface area contributed by atoms with Crippen LogP contribution in [0.4, 0.5) is 11.8 Å². The van der Waals surface area contributed by atoms with Crippen molar-refractivity contribution in [1.29, 1.82) is 5.26 Å². The summed E-state index contributed by atoms with van der Waals surface area (Å²) < 4.78 is 37.0. The molecule has 5 atom stereocenters. The van der Waals surface area contributed by atoms with Crippen LogP contribution in [0.2, 0.25) is 0 Å². The summed E-state index contributed by atoms with van der Waals surface area (Å²) in [6.45, 7) is 4.77. The highest BCUT2D eigenvalue weighted by atomic mass is 31.2. The Morgan fingerprint density at radius 1 is 1.28 bits per heavy atom. The van der Waals surface area contributed by atoms with E-state index in [1.54, 1.807) is 32.0 Å². The number of hydrogen-bond acceptors (Lipinski definition) is 13. The minimum atomic E-state index is -4.31. The summed E-state index contributed by atoms with van der Waals surface area (Å²) in [5.74, 6) is -2.00. The number of nitrogens with one attached hydrogen (secondary N) is 1. The number of nitrogens with zero attached hydrogens (tertiary/aromatic N) is 5. The van der Waals surface area contributed by atoms with Crippen molar-refractivity contribution in [3.8, 4) is 11.8 Å². The Labute approximate surface area is 222 Å². The lowest BCUT2D eigenvalue weighted by Crippen LogP contribution is -2.36. The Balaban J connectivity index is 1.62. The highest BCUT2D eigenvalue weighted by Crippen LogP contribution is 2.47. The number of fused-ring (bicyclic) bond motifs is 1. The molecule has 0 aliphatic carbocycles. The molecule has 1 aliphatic heterocycles. The van der Waals surface area contributed by atoms with Crippen LogP contribution < -0.4 is 21.1 Å². The zero-order valence-electron chi connectivity index (χ0n) is 21.2. The fraction of sp³-hybridized carbons (Fsp3) is 0.348. The van der Waals surface area contributed by atoms with E-state index in [0.717, 1.165) is 6.26 Å². The van der Waals surface area contributed by atoms with E-state index >= 15 is 0 Å². The monoisotopic (exact) mass is 558 g/mol. The first-order valence-corrected chi connectivity index (χ1v) is 13.3. The predicted octanol–water partition coefficient (Wildman–Crippen LogP) is 1.99. The third kappa shape index (κ3) is 6.04. The maximum Gasteiger partial charge on any atom is 0.513 e. The average Bonchev–Trinajstić information content (AvgIpc) is 3.43. The maximum absolute atomic E-state index is 13.7. The summed E-state index contributed by atoms with van der Waals surface area (Å²) in [4.78, 5) is 24.4. The summed E-state index contributed by atoms with van der Waals surface area (Å²) >= 11 is 0. The van der Waals surface area contributed by atoms with Crippen LogP contribution in [0.25, 0.3) is 11.2 Å². The fourth-order valence-electron chi connectivity index (χ4n) is 3.66. The molecule has 206 valence electrons. The van der Waals surface area contributed by atoms with Crippen LogP contribution in [0.5, 0.6) is 5.75 Å². The quantitative estimate of drug-likeness (QED) is 0.167. The van der Waals surface area contributed by atoms with Crippen molar-refractivity contribution in [2.75, 3.05) is 11.5 Å². The van der Waals surface area contributed by atoms with Crippen molar-refractivity contribution in [2.45, 2.75) is 45.2 Å². The van der Waals surface area contributed by atoms with Crippen molar-refractivity contribution < 1.29 is 33.0 Å². The number of esters is 1. The summed E-state index contributed by atoms with van der Waals surface area (Å²) in [5, 5.41) is 23.1. The lowest BCUT2D eigenvalue weighted by molar-refractivity contribution is -0.149. The van der Waals surface area contributed by atoms with Crippen LogP contribution in [0.3, 0.4) is 0 Å². The van der Waals surface area contributed by atoms with Crippen LogP contribution in [0.15, 0.2) is 48.7 Å². The summed E-state index contributed by atoms with van der Waals surface area (Å²) in [6, 6.07) is 8.98. The van der Waals surface area contributed by atoms with Gasteiger partial charge in [-0.15, -0.1) is 0 Å². The largest absolute Gasteiger partial charge is 0.513 e. The molecule has 39 heavy (non-hydrogen) atoms. The number of aliphatic hydroxyl groups is 1. The van der Waals surface area contributed by atoms with Gasteiger partial charge in [-0.3, -0.25) is 9.36 Å². The number of rotatable bonds is 9. The molecule has 16 heteroatoms. The second-order valence-corrected chi connectivity index (χ2v) is 10.4. The molecule has 0 bridgehead atoms. The second-order valence-electron chi connectivity index (χ2n) is 8.76. The Kier molecular flexibility index (Phi) is 7.91. The van der Waals surface area contributed by atoms with Crippen LogP contribution in [-0.2, 0) is 23.4 Å². The number of nitrogens with two attached hydrogens (primary N) is 2. The number of nitrogen functional groups attached to an aromatic ring is 2. The first kappa shape index (κ1) is 27.6. The van der Waals surface area contributed by atoms with Crippen molar-refractivity contribution in [3.05, 3.63) is 48.7 Å². The highest BCUT2D eigenvalue weighted by Gasteiger charge is 2.44. The number of aliphatic hydroxyl groups excluding tert-OH is 1. The fourth-order valence-corrected chi connectivity index (χ4v) is 5.04. The Bertz CT molecular complexity index is 1470. The lowest BCUT2D eigenvalue weighted by Gasteiger charge is -2.22. The Morgan fingerprint density at radius 3 is 2.67 bits per heavy atom. The second kappa shape index (κ2) is 11.2. The Morgan fingerprint density at radius 2 is 2.00 bits per heavy atom. The molecular formula is C23H27N8O7P. The topological polar surface area (TPSA) is 223 Å². The number of imidazole rings is 1. The van der Waals surface area contributed by atoms with Gasteiger partial charge in [0.2, 0.25) is 5.95 Å². The van der Waals surface area contributed by atoms with Gasteiger partial charge in [-0.2, -0.15) is 20.3 Å². The first-order chi connectivity index (χ1) is 18.5. The summed E-state index contributed by atoms with van der Waals surface area (Å²) in [6.07, 6.45) is -0.851. The molecule has 0 saturated carbocycles. The summed E-state index contributed by atoms with van der Waals surface area (Å²) in [7, 11) is -4.31. The number of carbonyl (C=O) groups excluding carboxylic acids is 1. The molecule has 15 nitrogen and oxygen atoms in total. The molecular weight excluding hydrogens is 531 g/mol. The first-order valence-electron chi connectivity index (χ1n) is 11.7. The van der Waals surface area contributed by atoms with E-state index in [2.05, 4.69) is 20.0 Å². The minimum Gasteiger partial charge on any atom is -0.467 e. The number of ether oxygens (including phenoxy) is 2. The smallest absolute Gasteiger partial charge is 0.467 e. The van der Waals surface area contributed by atoms with E-state index < -0.39 is 44.1 Å². The van der Waals surface area contributed by atoms with Gasteiger partial charge in [0.05, 0.1) is 12.2 Å². The standard InChI is InChI=1S/C23H27N8O7P/c1-12(2)36-22(33)13(3)30-39(34,38-14-7-5-4-6-8-14)35-10-16-18(32)15(9-24)21(37-16)31-11-27-17-19(25)28-23(26)29-20(17)31/h4-8,10-13,15,18,21,32H,1-3H3,(H,30,34)(H4,25,26,28,29). The highest BCUT2D eigenvalue weighted by molar-refractivity contribution is 7.52. The molecule has 1 fully saturated rings. The summed E-state index contributed by atoms with van der Waals surface area (Å²) in [5.41, 5.74) is 12.0. The van der Waals surface area contributed by atoms with E-state index in [-0.39, 0.29) is 34.4 Å². The molecule has 0 amide bonds.